The summed E-state index contributed by atoms with van der Waals surface area (Å²) in [5.74, 6) is 0.924. The Balaban J connectivity index is 1.99. The number of alkyl halides is 3. The predicted octanol–water partition coefficient (Wildman–Crippen LogP) is 4.44. The molecule has 1 unspecified atom stereocenters. The molecule has 0 radical (unpaired) electrons. The number of hydrogen-bond acceptors (Lipinski definition) is 1. The first-order valence-corrected chi connectivity index (χ1v) is 7.20. The quantitative estimate of drug-likeness (QED) is 0.871. The largest absolute Gasteiger partial charge is 0.416 e. The molecule has 0 aromatic heterocycles. The van der Waals surface area contributed by atoms with E-state index >= 15 is 0 Å². The molecule has 20 heavy (non-hydrogen) atoms. The molecule has 1 aromatic rings. The summed E-state index contributed by atoms with van der Waals surface area (Å²) in [6.45, 7) is 2.20. The number of aliphatic hydroxyl groups is 1. The van der Waals surface area contributed by atoms with Gasteiger partial charge in [0.05, 0.1) is 11.7 Å². The van der Waals surface area contributed by atoms with E-state index < -0.39 is 17.8 Å². The Bertz CT molecular complexity index is 434. The van der Waals surface area contributed by atoms with Crippen molar-refractivity contribution in [2.75, 3.05) is 0 Å². The first kappa shape index (κ1) is 15.4. The molecule has 1 saturated carbocycles. The zero-order chi connectivity index (χ0) is 14.8. The maximum atomic E-state index is 12.6. The van der Waals surface area contributed by atoms with Crippen molar-refractivity contribution in [1.29, 1.82) is 0 Å². The van der Waals surface area contributed by atoms with E-state index in [4.69, 9.17) is 0 Å². The lowest BCUT2D eigenvalue weighted by Gasteiger charge is -2.30. The summed E-state index contributed by atoms with van der Waals surface area (Å²) in [5.41, 5.74) is -0.0783. The van der Waals surface area contributed by atoms with E-state index in [9.17, 15) is 18.3 Å². The van der Waals surface area contributed by atoms with Crippen LogP contribution in [0.25, 0.3) is 0 Å². The van der Waals surface area contributed by atoms with E-state index in [-0.39, 0.29) is 5.92 Å². The van der Waals surface area contributed by atoms with Gasteiger partial charge in [-0.15, -0.1) is 0 Å². The molecular weight excluding hydrogens is 265 g/mol. The van der Waals surface area contributed by atoms with Crippen LogP contribution < -0.4 is 0 Å². The summed E-state index contributed by atoms with van der Waals surface area (Å²) in [6.07, 6.45) is -0.396. The maximum absolute atomic E-state index is 12.6. The number of rotatable bonds is 3. The second-order valence-electron chi connectivity index (χ2n) is 5.99. The van der Waals surface area contributed by atoms with Gasteiger partial charge in [0, 0.05) is 0 Å². The average molecular weight is 286 g/mol. The molecule has 0 amide bonds. The fraction of sp³-hybridized carbons (Fsp3) is 0.625. The van der Waals surface area contributed by atoms with E-state index in [1.165, 1.54) is 6.07 Å². The number of benzene rings is 1. The zero-order valence-electron chi connectivity index (χ0n) is 11.7. The van der Waals surface area contributed by atoms with Crippen LogP contribution in [0.5, 0.6) is 0 Å². The number of hydrogen-bond donors (Lipinski definition) is 1. The molecule has 1 aromatic carbocycles. The summed E-state index contributed by atoms with van der Waals surface area (Å²) in [4.78, 5) is 0. The Hall–Kier alpha value is -1.03. The van der Waals surface area contributed by atoms with Gasteiger partial charge in [0.1, 0.15) is 0 Å². The first-order valence-electron chi connectivity index (χ1n) is 7.20. The third kappa shape index (κ3) is 3.98. The van der Waals surface area contributed by atoms with Crippen LogP contribution in [-0.4, -0.2) is 11.2 Å². The van der Waals surface area contributed by atoms with Crippen molar-refractivity contribution in [2.24, 2.45) is 11.8 Å². The van der Waals surface area contributed by atoms with Crippen molar-refractivity contribution in [2.45, 2.75) is 51.3 Å². The van der Waals surface area contributed by atoms with Gasteiger partial charge in [-0.3, -0.25) is 0 Å². The van der Waals surface area contributed by atoms with Gasteiger partial charge >= 0.3 is 6.18 Å². The molecule has 1 nitrogen and oxygen atoms in total. The van der Waals surface area contributed by atoms with Crippen LogP contribution >= 0.6 is 0 Å². The molecule has 1 aliphatic carbocycles. The highest BCUT2D eigenvalue weighted by molar-refractivity contribution is 5.26. The minimum absolute atomic E-state index is 0.223. The minimum atomic E-state index is -4.32. The average Bonchev–Trinajstić information content (AvgIpc) is 2.38. The first-order chi connectivity index (χ1) is 9.36. The van der Waals surface area contributed by atoms with Gasteiger partial charge in [0.2, 0.25) is 0 Å². The summed E-state index contributed by atoms with van der Waals surface area (Å²) < 4.78 is 37.9. The van der Waals surface area contributed by atoms with Crippen molar-refractivity contribution in [3.05, 3.63) is 35.4 Å². The zero-order valence-corrected chi connectivity index (χ0v) is 11.7. The standard InChI is InChI=1S/C16H21F3O/c1-11-5-7-13(8-6-11)15(20)10-12-3-2-4-14(9-12)16(17,18)19/h2-4,9,11,13,15,20H,5-8,10H2,1H3. The van der Waals surface area contributed by atoms with Gasteiger partial charge in [-0.05, 0) is 42.7 Å². The van der Waals surface area contributed by atoms with Gasteiger partial charge in [0.15, 0.2) is 0 Å². The van der Waals surface area contributed by atoms with Crippen LogP contribution in [0.4, 0.5) is 13.2 Å². The Morgan fingerprint density at radius 2 is 1.85 bits per heavy atom. The molecule has 1 fully saturated rings. The third-order valence-electron chi connectivity index (χ3n) is 4.30. The van der Waals surface area contributed by atoms with Gasteiger partial charge < -0.3 is 5.11 Å². The van der Waals surface area contributed by atoms with Crippen LogP contribution in [0, 0.1) is 11.8 Å². The summed E-state index contributed by atoms with van der Waals surface area (Å²) in [6, 6.07) is 5.28. The summed E-state index contributed by atoms with van der Waals surface area (Å²) >= 11 is 0. The topological polar surface area (TPSA) is 20.2 Å². The second kappa shape index (κ2) is 6.17. The summed E-state index contributed by atoms with van der Waals surface area (Å²) in [5, 5.41) is 10.2. The van der Waals surface area contributed by atoms with Crippen molar-refractivity contribution < 1.29 is 18.3 Å². The molecule has 0 saturated heterocycles. The molecule has 1 atom stereocenters. The predicted molar refractivity (Wildman–Crippen MR) is 72.3 cm³/mol. The Kier molecular flexibility index (Phi) is 4.74. The molecule has 0 heterocycles. The van der Waals surface area contributed by atoms with Gasteiger partial charge in [-0.25, -0.2) is 0 Å². The van der Waals surface area contributed by atoms with Crippen LogP contribution in [0.15, 0.2) is 24.3 Å². The molecule has 1 aliphatic rings. The Labute approximate surface area is 117 Å². The highest BCUT2D eigenvalue weighted by atomic mass is 19.4. The molecule has 0 bridgehead atoms. The highest BCUT2D eigenvalue weighted by Gasteiger charge is 2.31. The lowest BCUT2D eigenvalue weighted by molar-refractivity contribution is -0.137. The monoisotopic (exact) mass is 286 g/mol. The molecule has 112 valence electrons. The lowest BCUT2D eigenvalue weighted by atomic mass is 9.79. The minimum Gasteiger partial charge on any atom is -0.392 e. The molecule has 0 aliphatic heterocycles. The van der Waals surface area contributed by atoms with E-state index in [1.807, 2.05) is 0 Å². The van der Waals surface area contributed by atoms with Crippen molar-refractivity contribution in [1.82, 2.24) is 0 Å². The SMILES string of the molecule is CC1CCC(C(O)Cc2cccc(C(F)(F)F)c2)CC1. The fourth-order valence-corrected chi connectivity index (χ4v) is 2.95. The van der Waals surface area contributed by atoms with Crippen LogP contribution in [0.1, 0.15) is 43.7 Å². The highest BCUT2D eigenvalue weighted by Crippen LogP contribution is 2.33. The van der Waals surface area contributed by atoms with Crippen molar-refractivity contribution >= 4 is 0 Å². The van der Waals surface area contributed by atoms with E-state index in [0.29, 0.717) is 17.9 Å². The molecule has 2 rings (SSSR count). The van der Waals surface area contributed by atoms with Gasteiger partial charge in [0.25, 0.3) is 0 Å². The summed E-state index contributed by atoms with van der Waals surface area (Å²) in [7, 11) is 0. The van der Waals surface area contributed by atoms with Gasteiger partial charge in [-0.2, -0.15) is 13.2 Å². The maximum Gasteiger partial charge on any atom is 0.416 e. The fourth-order valence-electron chi connectivity index (χ4n) is 2.95. The Morgan fingerprint density at radius 1 is 1.20 bits per heavy atom. The number of halogens is 3. The van der Waals surface area contributed by atoms with Crippen LogP contribution in [0.3, 0.4) is 0 Å². The second-order valence-corrected chi connectivity index (χ2v) is 5.99. The number of aliphatic hydroxyl groups excluding tert-OH is 1. The lowest BCUT2D eigenvalue weighted by Crippen LogP contribution is -2.27. The van der Waals surface area contributed by atoms with Crippen LogP contribution in [-0.2, 0) is 12.6 Å². The molecular formula is C16H21F3O. The van der Waals surface area contributed by atoms with Crippen LogP contribution in [0.2, 0.25) is 0 Å². The molecule has 0 spiro atoms. The molecule has 4 heteroatoms. The van der Waals surface area contributed by atoms with E-state index in [1.54, 1.807) is 6.07 Å². The Morgan fingerprint density at radius 3 is 2.45 bits per heavy atom. The normalized spacial score (nSPS) is 25.4. The molecule has 1 N–H and O–H groups in total. The van der Waals surface area contributed by atoms with Crippen molar-refractivity contribution in [3.63, 3.8) is 0 Å². The third-order valence-corrected chi connectivity index (χ3v) is 4.30. The van der Waals surface area contributed by atoms with Crippen molar-refractivity contribution in [3.8, 4) is 0 Å². The van der Waals surface area contributed by atoms with Gasteiger partial charge in [-0.1, -0.05) is 38.0 Å². The van der Waals surface area contributed by atoms with E-state index in [0.717, 1.165) is 37.8 Å². The van der Waals surface area contributed by atoms with E-state index in [2.05, 4.69) is 6.92 Å². The smallest absolute Gasteiger partial charge is 0.392 e.